The van der Waals surface area contributed by atoms with Gasteiger partial charge in [0.05, 0.1) is 6.61 Å². The normalized spacial score (nSPS) is 11.5. The maximum atomic E-state index is 11.8. The van der Waals surface area contributed by atoms with Crippen LogP contribution >= 0.6 is 0 Å². The first-order valence-corrected chi connectivity index (χ1v) is 6.96. The molecule has 22 heavy (non-hydrogen) atoms. The van der Waals surface area contributed by atoms with Gasteiger partial charge in [0.1, 0.15) is 11.9 Å². The molecule has 0 aliphatic heterocycles. The first-order chi connectivity index (χ1) is 10.5. The van der Waals surface area contributed by atoms with E-state index in [1.807, 2.05) is 6.07 Å². The summed E-state index contributed by atoms with van der Waals surface area (Å²) in [4.78, 5) is 22.3. The number of carboxylic acids is 1. The third-order valence-electron chi connectivity index (χ3n) is 2.79. The van der Waals surface area contributed by atoms with E-state index < -0.39 is 18.7 Å². The van der Waals surface area contributed by atoms with Crippen LogP contribution in [0, 0.1) is 0 Å². The smallest absolute Gasteiger partial charge is 0.341 e. The van der Waals surface area contributed by atoms with Crippen LogP contribution < -0.4 is 10.1 Å². The molecule has 6 nitrogen and oxygen atoms in total. The van der Waals surface area contributed by atoms with Crippen LogP contribution in [0.1, 0.15) is 18.9 Å². The lowest BCUT2D eigenvalue weighted by Crippen LogP contribution is -2.34. The molecule has 0 heterocycles. The molecule has 6 heteroatoms. The van der Waals surface area contributed by atoms with Crippen LogP contribution in [-0.2, 0) is 20.9 Å². The van der Waals surface area contributed by atoms with Gasteiger partial charge in [-0.1, -0.05) is 18.2 Å². The molecule has 1 atom stereocenters. The zero-order valence-corrected chi connectivity index (χ0v) is 12.6. The van der Waals surface area contributed by atoms with Crippen molar-refractivity contribution in [2.24, 2.45) is 0 Å². The molecule has 1 rings (SSSR count). The molecule has 2 N–H and O–H groups in total. The molecule has 120 valence electrons. The van der Waals surface area contributed by atoms with Crippen molar-refractivity contribution in [2.75, 3.05) is 13.2 Å². The monoisotopic (exact) mass is 307 g/mol. The lowest BCUT2D eigenvalue weighted by atomic mass is 10.2. The average molecular weight is 307 g/mol. The van der Waals surface area contributed by atoms with Crippen LogP contribution in [0.3, 0.4) is 0 Å². The number of amides is 1. The fourth-order valence-electron chi connectivity index (χ4n) is 1.63. The standard InChI is InChI=1S/C16H21NO5/c1-3-4-8-21-12(2)16(20)17-10-13-6-5-7-14(9-13)22-11-15(18)19/h3,5-7,9,12H,1,4,8,10-11H2,2H3,(H,17,20)(H,18,19). The fourth-order valence-corrected chi connectivity index (χ4v) is 1.63. The van der Waals surface area contributed by atoms with Gasteiger partial charge in [0.15, 0.2) is 6.61 Å². The Morgan fingerprint density at radius 1 is 1.45 bits per heavy atom. The molecular formula is C16H21NO5. The van der Waals surface area contributed by atoms with Crippen LogP contribution in [0.4, 0.5) is 0 Å². The lowest BCUT2D eigenvalue weighted by Gasteiger charge is -2.13. The zero-order valence-electron chi connectivity index (χ0n) is 12.6. The Bertz CT molecular complexity index is 515. The average Bonchev–Trinajstić information content (AvgIpc) is 2.51. The second-order valence-electron chi connectivity index (χ2n) is 4.64. The lowest BCUT2D eigenvalue weighted by molar-refractivity contribution is -0.139. The number of ether oxygens (including phenoxy) is 2. The highest BCUT2D eigenvalue weighted by molar-refractivity contribution is 5.80. The maximum Gasteiger partial charge on any atom is 0.341 e. The Labute approximate surface area is 129 Å². The number of benzene rings is 1. The van der Waals surface area contributed by atoms with Gasteiger partial charge in [-0.05, 0) is 31.0 Å². The number of nitrogens with one attached hydrogen (secondary N) is 1. The quantitative estimate of drug-likeness (QED) is 0.508. The molecular weight excluding hydrogens is 286 g/mol. The summed E-state index contributed by atoms with van der Waals surface area (Å²) in [7, 11) is 0. The Morgan fingerprint density at radius 3 is 2.91 bits per heavy atom. The Hall–Kier alpha value is -2.34. The second kappa shape index (κ2) is 9.57. The van der Waals surface area contributed by atoms with Crippen LogP contribution in [0.5, 0.6) is 5.75 Å². The highest BCUT2D eigenvalue weighted by atomic mass is 16.5. The maximum absolute atomic E-state index is 11.8. The minimum Gasteiger partial charge on any atom is -0.482 e. The van der Waals surface area contributed by atoms with E-state index in [4.69, 9.17) is 14.6 Å². The number of aliphatic carboxylic acids is 1. The van der Waals surface area contributed by atoms with Crippen molar-refractivity contribution in [1.29, 1.82) is 0 Å². The Kier molecular flexibility index (Phi) is 7.70. The summed E-state index contributed by atoms with van der Waals surface area (Å²) in [5.41, 5.74) is 0.814. The van der Waals surface area contributed by atoms with Crippen molar-refractivity contribution in [1.82, 2.24) is 5.32 Å². The minimum absolute atomic E-state index is 0.207. The number of carboxylic acid groups (broad SMARTS) is 1. The van der Waals surface area contributed by atoms with Gasteiger partial charge in [0.25, 0.3) is 0 Å². The van der Waals surface area contributed by atoms with Gasteiger partial charge in [-0.15, -0.1) is 6.58 Å². The van der Waals surface area contributed by atoms with Crippen LogP contribution in [0.2, 0.25) is 0 Å². The summed E-state index contributed by atoms with van der Waals surface area (Å²) in [6.45, 7) is 5.64. The van der Waals surface area contributed by atoms with Crippen molar-refractivity contribution < 1.29 is 24.2 Å². The van der Waals surface area contributed by atoms with Crippen molar-refractivity contribution in [3.63, 3.8) is 0 Å². The van der Waals surface area contributed by atoms with E-state index in [1.165, 1.54) is 0 Å². The molecule has 0 fully saturated rings. The third kappa shape index (κ3) is 6.90. The largest absolute Gasteiger partial charge is 0.482 e. The molecule has 0 aliphatic carbocycles. The van der Waals surface area contributed by atoms with Gasteiger partial charge in [0.2, 0.25) is 5.91 Å². The highest BCUT2D eigenvalue weighted by Crippen LogP contribution is 2.13. The number of rotatable bonds is 10. The topological polar surface area (TPSA) is 84.9 Å². The minimum atomic E-state index is -1.04. The van der Waals surface area contributed by atoms with Crippen molar-refractivity contribution in [3.8, 4) is 5.75 Å². The van der Waals surface area contributed by atoms with Crippen LogP contribution in [0.25, 0.3) is 0 Å². The van der Waals surface area contributed by atoms with Crippen LogP contribution in [-0.4, -0.2) is 36.3 Å². The molecule has 1 amide bonds. The molecule has 0 saturated heterocycles. The molecule has 0 saturated carbocycles. The van der Waals surface area contributed by atoms with Crippen molar-refractivity contribution >= 4 is 11.9 Å². The van der Waals surface area contributed by atoms with Gasteiger partial charge in [0, 0.05) is 6.54 Å². The second-order valence-corrected chi connectivity index (χ2v) is 4.64. The van der Waals surface area contributed by atoms with E-state index in [2.05, 4.69) is 11.9 Å². The molecule has 1 aromatic carbocycles. The SMILES string of the molecule is C=CCCOC(C)C(=O)NCc1cccc(OCC(=O)O)c1. The van der Waals surface area contributed by atoms with Gasteiger partial charge in [-0.25, -0.2) is 4.79 Å². The number of hydrogen-bond donors (Lipinski definition) is 2. The Morgan fingerprint density at radius 2 is 2.23 bits per heavy atom. The van der Waals surface area contributed by atoms with Gasteiger partial charge in [-0.2, -0.15) is 0 Å². The van der Waals surface area contributed by atoms with E-state index in [9.17, 15) is 9.59 Å². The van der Waals surface area contributed by atoms with Crippen molar-refractivity contribution in [2.45, 2.75) is 26.0 Å². The highest BCUT2D eigenvalue weighted by Gasteiger charge is 2.12. The zero-order chi connectivity index (χ0) is 16.4. The molecule has 0 aliphatic rings. The van der Waals surface area contributed by atoms with E-state index in [0.29, 0.717) is 25.3 Å². The number of hydrogen-bond acceptors (Lipinski definition) is 4. The summed E-state index contributed by atoms with van der Waals surface area (Å²) < 4.78 is 10.4. The number of carbonyl (C=O) groups is 2. The van der Waals surface area contributed by atoms with Gasteiger partial charge < -0.3 is 19.9 Å². The molecule has 1 aromatic rings. The molecule has 1 unspecified atom stereocenters. The van der Waals surface area contributed by atoms with Crippen molar-refractivity contribution in [3.05, 3.63) is 42.5 Å². The molecule has 0 spiro atoms. The summed E-state index contributed by atoms with van der Waals surface area (Å²) in [6.07, 6.45) is 1.89. The van der Waals surface area contributed by atoms with E-state index in [1.54, 1.807) is 31.2 Å². The number of carbonyl (C=O) groups excluding carboxylic acids is 1. The van der Waals surface area contributed by atoms with E-state index in [0.717, 1.165) is 5.56 Å². The molecule has 0 radical (unpaired) electrons. The van der Waals surface area contributed by atoms with Crippen LogP contribution in [0.15, 0.2) is 36.9 Å². The summed E-state index contributed by atoms with van der Waals surface area (Å²) in [6, 6.07) is 6.90. The van der Waals surface area contributed by atoms with Gasteiger partial charge in [-0.3, -0.25) is 4.79 Å². The third-order valence-corrected chi connectivity index (χ3v) is 2.79. The molecule has 0 aromatic heterocycles. The van der Waals surface area contributed by atoms with E-state index >= 15 is 0 Å². The first kappa shape index (κ1) is 17.7. The molecule has 0 bridgehead atoms. The summed E-state index contributed by atoms with van der Waals surface area (Å²) >= 11 is 0. The fraction of sp³-hybridized carbons (Fsp3) is 0.375. The Balaban J connectivity index is 2.43. The summed E-state index contributed by atoms with van der Waals surface area (Å²) in [5.74, 6) is -0.797. The first-order valence-electron chi connectivity index (χ1n) is 6.96. The predicted molar refractivity (Wildman–Crippen MR) is 81.6 cm³/mol. The van der Waals surface area contributed by atoms with Gasteiger partial charge >= 0.3 is 5.97 Å². The van der Waals surface area contributed by atoms with E-state index in [-0.39, 0.29) is 5.91 Å². The summed E-state index contributed by atoms with van der Waals surface area (Å²) in [5, 5.41) is 11.3. The predicted octanol–water partition coefficient (Wildman–Crippen LogP) is 1.75.